The lowest BCUT2D eigenvalue weighted by atomic mass is 9.98. The number of hydrogen-bond donors (Lipinski definition) is 1. The third-order valence-electron chi connectivity index (χ3n) is 2.89. The van der Waals surface area contributed by atoms with Crippen molar-refractivity contribution in [3.05, 3.63) is 59.2 Å². The Kier molecular flexibility index (Phi) is 3.98. The molecule has 0 saturated carbocycles. The molecule has 2 aromatic carbocycles. The molecule has 2 rings (SSSR count). The van der Waals surface area contributed by atoms with Gasteiger partial charge in [0.2, 0.25) is 0 Å². The van der Waals surface area contributed by atoms with Crippen molar-refractivity contribution in [2.45, 2.75) is 0 Å². The van der Waals surface area contributed by atoms with Crippen molar-refractivity contribution >= 4 is 11.9 Å². The summed E-state index contributed by atoms with van der Waals surface area (Å²) in [6.45, 7) is 0. The summed E-state index contributed by atoms with van der Waals surface area (Å²) >= 11 is 0. The Morgan fingerprint density at radius 2 is 1.71 bits per heavy atom. The molecule has 1 N–H and O–H groups in total. The van der Waals surface area contributed by atoms with Gasteiger partial charge in [-0.2, -0.15) is 0 Å². The highest BCUT2D eigenvalue weighted by atomic mass is 19.1. The van der Waals surface area contributed by atoms with Crippen molar-refractivity contribution in [3.63, 3.8) is 0 Å². The summed E-state index contributed by atoms with van der Waals surface area (Å²) in [4.78, 5) is 22.4. The normalized spacial score (nSPS) is 10.2. The van der Waals surface area contributed by atoms with Crippen molar-refractivity contribution in [1.29, 1.82) is 0 Å². The molecule has 0 atom stereocenters. The van der Waals surface area contributed by atoms with Crippen LogP contribution in [0.1, 0.15) is 20.7 Å². The molecule has 0 aliphatic heterocycles. The molecule has 0 radical (unpaired) electrons. The predicted molar refractivity (Wildman–Crippen MR) is 70.1 cm³/mol. The molecule has 0 aliphatic rings. The van der Waals surface area contributed by atoms with Crippen molar-refractivity contribution in [1.82, 2.24) is 0 Å². The molecule has 0 unspecified atom stereocenters. The SMILES string of the molecule is COC(=O)c1ccc(-c2ccc(F)cc2C(=O)O)c(F)c1. The highest BCUT2D eigenvalue weighted by molar-refractivity contribution is 5.96. The number of ether oxygens (including phenoxy) is 1. The van der Waals surface area contributed by atoms with E-state index in [1.807, 2.05) is 0 Å². The largest absolute Gasteiger partial charge is 0.478 e. The Hall–Kier alpha value is -2.76. The maximum Gasteiger partial charge on any atom is 0.337 e. The van der Waals surface area contributed by atoms with Crippen molar-refractivity contribution in [3.8, 4) is 11.1 Å². The lowest BCUT2D eigenvalue weighted by molar-refractivity contribution is 0.0599. The molecule has 6 heteroatoms. The molecule has 0 amide bonds. The van der Waals surface area contributed by atoms with E-state index in [4.69, 9.17) is 5.11 Å². The van der Waals surface area contributed by atoms with E-state index in [0.717, 1.165) is 25.3 Å². The van der Waals surface area contributed by atoms with Crippen LogP contribution < -0.4 is 0 Å². The molecule has 108 valence electrons. The number of aromatic carboxylic acids is 1. The fourth-order valence-electron chi connectivity index (χ4n) is 1.91. The Balaban J connectivity index is 2.58. The van der Waals surface area contributed by atoms with Crippen LogP contribution in [0.15, 0.2) is 36.4 Å². The maximum atomic E-state index is 14.1. The summed E-state index contributed by atoms with van der Waals surface area (Å²) in [6.07, 6.45) is 0. The van der Waals surface area contributed by atoms with Crippen LogP contribution in [0.3, 0.4) is 0 Å². The molecule has 0 spiro atoms. The number of carbonyl (C=O) groups is 2. The summed E-state index contributed by atoms with van der Waals surface area (Å²) < 4.78 is 31.7. The van der Waals surface area contributed by atoms with Crippen LogP contribution in [0.5, 0.6) is 0 Å². The van der Waals surface area contributed by atoms with Gasteiger partial charge in [0.15, 0.2) is 0 Å². The number of halogens is 2. The first-order valence-corrected chi connectivity index (χ1v) is 5.85. The van der Waals surface area contributed by atoms with Crippen LogP contribution in [0.25, 0.3) is 11.1 Å². The van der Waals surface area contributed by atoms with Gasteiger partial charge in [0, 0.05) is 5.56 Å². The zero-order chi connectivity index (χ0) is 15.6. The number of rotatable bonds is 3. The molecule has 0 bridgehead atoms. The number of benzene rings is 2. The molecule has 2 aromatic rings. The maximum absolute atomic E-state index is 14.1. The fraction of sp³-hybridized carbons (Fsp3) is 0.0667. The van der Waals surface area contributed by atoms with Gasteiger partial charge in [0.1, 0.15) is 11.6 Å². The average Bonchev–Trinajstić information content (AvgIpc) is 2.46. The molecule has 0 heterocycles. The Morgan fingerprint density at radius 1 is 1.05 bits per heavy atom. The summed E-state index contributed by atoms with van der Waals surface area (Å²) in [6, 6.07) is 6.52. The molecule has 0 fully saturated rings. The molecule has 21 heavy (non-hydrogen) atoms. The zero-order valence-electron chi connectivity index (χ0n) is 10.9. The van der Waals surface area contributed by atoms with Gasteiger partial charge in [0.25, 0.3) is 0 Å². The second-order valence-corrected chi connectivity index (χ2v) is 4.18. The lowest BCUT2D eigenvalue weighted by Gasteiger charge is -2.09. The van der Waals surface area contributed by atoms with Crippen LogP contribution in [0.2, 0.25) is 0 Å². The number of carboxylic acids is 1. The van der Waals surface area contributed by atoms with Crippen molar-refractivity contribution in [2.75, 3.05) is 7.11 Å². The molecular formula is C15H10F2O4. The number of carboxylic acid groups (broad SMARTS) is 1. The minimum Gasteiger partial charge on any atom is -0.478 e. The van der Waals surface area contributed by atoms with Crippen LogP contribution in [-0.4, -0.2) is 24.2 Å². The molecule has 4 nitrogen and oxygen atoms in total. The van der Waals surface area contributed by atoms with E-state index in [-0.39, 0.29) is 22.3 Å². The molecular weight excluding hydrogens is 282 g/mol. The number of esters is 1. The monoisotopic (exact) mass is 292 g/mol. The van der Waals surface area contributed by atoms with Gasteiger partial charge in [0.05, 0.1) is 18.2 Å². The predicted octanol–water partition coefficient (Wildman–Crippen LogP) is 3.12. The smallest absolute Gasteiger partial charge is 0.337 e. The second kappa shape index (κ2) is 5.70. The molecule has 0 aromatic heterocycles. The van der Waals surface area contributed by atoms with Crippen LogP contribution in [-0.2, 0) is 4.74 Å². The fourth-order valence-corrected chi connectivity index (χ4v) is 1.91. The summed E-state index contributed by atoms with van der Waals surface area (Å²) in [5.74, 6) is -3.62. The van der Waals surface area contributed by atoms with Gasteiger partial charge in [-0.3, -0.25) is 0 Å². The zero-order valence-corrected chi connectivity index (χ0v) is 10.9. The van der Waals surface area contributed by atoms with E-state index in [0.29, 0.717) is 0 Å². The minimum absolute atomic E-state index is 0.00210. The number of hydrogen-bond acceptors (Lipinski definition) is 3. The summed E-state index contributed by atoms with van der Waals surface area (Å²) in [5.41, 5.74) is -0.379. The third kappa shape index (κ3) is 2.89. The van der Waals surface area contributed by atoms with Gasteiger partial charge in [-0.25, -0.2) is 18.4 Å². The van der Waals surface area contributed by atoms with Gasteiger partial charge < -0.3 is 9.84 Å². The van der Waals surface area contributed by atoms with E-state index < -0.39 is 23.6 Å². The first-order chi connectivity index (χ1) is 9.93. The first-order valence-electron chi connectivity index (χ1n) is 5.85. The summed E-state index contributed by atoms with van der Waals surface area (Å²) in [5, 5.41) is 9.06. The molecule has 0 aliphatic carbocycles. The highest BCUT2D eigenvalue weighted by Crippen LogP contribution is 2.28. The highest BCUT2D eigenvalue weighted by Gasteiger charge is 2.17. The number of methoxy groups -OCH3 is 1. The standard InChI is InChI=1S/C15H10F2O4/c1-21-15(20)8-2-4-11(13(17)6-8)10-5-3-9(16)7-12(10)14(18)19/h2-7H,1H3,(H,18,19). The van der Waals surface area contributed by atoms with Gasteiger partial charge in [-0.15, -0.1) is 0 Å². The molecule has 0 saturated heterocycles. The van der Waals surface area contributed by atoms with Crippen LogP contribution in [0.4, 0.5) is 8.78 Å². The third-order valence-corrected chi connectivity index (χ3v) is 2.89. The quantitative estimate of drug-likeness (QED) is 0.883. The van der Waals surface area contributed by atoms with E-state index >= 15 is 0 Å². The van der Waals surface area contributed by atoms with Crippen molar-refractivity contribution in [2.24, 2.45) is 0 Å². The van der Waals surface area contributed by atoms with E-state index in [9.17, 15) is 18.4 Å². The lowest BCUT2D eigenvalue weighted by Crippen LogP contribution is -2.04. The van der Waals surface area contributed by atoms with Gasteiger partial charge in [-0.1, -0.05) is 12.1 Å². The van der Waals surface area contributed by atoms with Gasteiger partial charge in [-0.05, 0) is 29.8 Å². The second-order valence-electron chi connectivity index (χ2n) is 4.18. The summed E-state index contributed by atoms with van der Waals surface area (Å²) in [7, 11) is 1.16. The van der Waals surface area contributed by atoms with Gasteiger partial charge >= 0.3 is 11.9 Å². The number of carbonyl (C=O) groups excluding carboxylic acids is 1. The average molecular weight is 292 g/mol. The van der Waals surface area contributed by atoms with Crippen LogP contribution >= 0.6 is 0 Å². The Bertz CT molecular complexity index is 726. The van der Waals surface area contributed by atoms with E-state index in [2.05, 4.69) is 4.74 Å². The first kappa shape index (κ1) is 14.6. The Morgan fingerprint density at radius 3 is 2.29 bits per heavy atom. The van der Waals surface area contributed by atoms with Crippen molar-refractivity contribution < 1.29 is 28.2 Å². The van der Waals surface area contributed by atoms with E-state index in [1.165, 1.54) is 18.2 Å². The minimum atomic E-state index is -1.37. The topological polar surface area (TPSA) is 63.6 Å². The van der Waals surface area contributed by atoms with E-state index in [1.54, 1.807) is 0 Å². The Labute approximate surface area is 118 Å². The van der Waals surface area contributed by atoms with Crippen LogP contribution in [0, 0.1) is 11.6 Å².